The number of amides is 3. The number of rotatable bonds is 6. The van der Waals surface area contributed by atoms with Gasteiger partial charge in [0.05, 0.1) is 0 Å². The Hall–Kier alpha value is -2.57. The van der Waals surface area contributed by atoms with E-state index in [0.717, 1.165) is 24.3 Å². The minimum absolute atomic E-state index is 0. The number of carbonyl (C=O) groups excluding carboxylic acids is 2. The molecule has 1 fully saturated rings. The number of urea groups is 1. The number of anilines is 2. The third-order valence-electron chi connectivity index (χ3n) is 4.62. The van der Waals surface area contributed by atoms with Crippen LogP contribution >= 0.6 is 12.4 Å². The molecule has 1 aliphatic heterocycles. The van der Waals surface area contributed by atoms with Gasteiger partial charge in [0.1, 0.15) is 0 Å². The summed E-state index contributed by atoms with van der Waals surface area (Å²) < 4.78 is 0. The van der Waals surface area contributed by atoms with E-state index in [0.29, 0.717) is 18.2 Å². The van der Waals surface area contributed by atoms with Crippen molar-refractivity contribution in [2.75, 3.05) is 23.7 Å². The van der Waals surface area contributed by atoms with Gasteiger partial charge >= 0.3 is 6.03 Å². The van der Waals surface area contributed by atoms with Crippen LogP contribution in [-0.2, 0) is 11.3 Å². The maximum absolute atomic E-state index is 12.2. The molecule has 0 radical (unpaired) electrons. The molecule has 7 heteroatoms. The summed E-state index contributed by atoms with van der Waals surface area (Å²) in [5.41, 5.74) is 2.35. The Morgan fingerprint density at radius 2 is 1.70 bits per heavy atom. The van der Waals surface area contributed by atoms with Gasteiger partial charge in [-0.05, 0) is 48.8 Å². The number of benzene rings is 2. The number of para-hydroxylation sites is 1. The van der Waals surface area contributed by atoms with Gasteiger partial charge in [-0.25, -0.2) is 4.79 Å². The predicted octanol–water partition coefficient (Wildman–Crippen LogP) is 3.22. The summed E-state index contributed by atoms with van der Waals surface area (Å²) in [6.45, 7) is 4.22. The topological polar surface area (TPSA) is 82.3 Å². The first-order valence-corrected chi connectivity index (χ1v) is 8.82. The van der Waals surface area contributed by atoms with E-state index >= 15 is 0 Å². The summed E-state index contributed by atoms with van der Waals surface area (Å²) in [6.07, 6.45) is 0. The van der Waals surface area contributed by atoms with Crippen molar-refractivity contribution in [2.45, 2.75) is 13.5 Å². The molecule has 3 rings (SSSR count). The minimum Gasteiger partial charge on any atom is -0.352 e. The van der Waals surface area contributed by atoms with Crippen molar-refractivity contribution in [1.82, 2.24) is 10.6 Å². The van der Waals surface area contributed by atoms with Crippen LogP contribution < -0.4 is 21.3 Å². The Kier molecular flexibility index (Phi) is 7.64. The van der Waals surface area contributed by atoms with Crippen LogP contribution in [0.25, 0.3) is 0 Å². The van der Waals surface area contributed by atoms with Crippen molar-refractivity contribution in [3.05, 3.63) is 60.2 Å². The first-order chi connectivity index (χ1) is 12.6. The highest BCUT2D eigenvalue weighted by Crippen LogP contribution is 2.16. The number of hydrogen-bond acceptors (Lipinski definition) is 3. The van der Waals surface area contributed by atoms with Gasteiger partial charge in [-0.3, -0.25) is 4.79 Å². The summed E-state index contributed by atoms with van der Waals surface area (Å²) in [7, 11) is 0. The lowest BCUT2D eigenvalue weighted by molar-refractivity contribution is -0.126. The van der Waals surface area contributed by atoms with Crippen LogP contribution in [0, 0.1) is 11.8 Å². The van der Waals surface area contributed by atoms with Crippen molar-refractivity contribution in [1.29, 1.82) is 0 Å². The molecular weight excluding hydrogens is 364 g/mol. The molecular formula is C20H25ClN4O2. The molecule has 1 unspecified atom stereocenters. The van der Waals surface area contributed by atoms with Gasteiger partial charge in [0.2, 0.25) is 5.91 Å². The Morgan fingerprint density at radius 1 is 1.04 bits per heavy atom. The first-order valence-electron chi connectivity index (χ1n) is 8.82. The highest BCUT2D eigenvalue weighted by molar-refractivity contribution is 5.99. The lowest BCUT2D eigenvalue weighted by atomic mass is 9.88. The quantitative estimate of drug-likeness (QED) is 0.613. The third kappa shape index (κ3) is 5.98. The minimum atomic E-state index is -0.302. The molecule has 1 saturated heterocycles. The molecule has 144 valence electrons. The van der Waals surface area contributed by atoms with E-state index in [2.05, 4.69) is 21.3 Å². The van der Waals surface area contributed by atoms with E-state index in [1.165, 1.54) is 0 Å². The molecule has 0 bridgehead atoms. The average molecular weight is 389 g/mol. The zero-order chi connectivity index (χ0) is 18.4. The second-order valence-corrected chi connectivity index (χ2v) is 6.57. The predicted molar refractivity (Wildman–Crippen MR) is 110 cm³/mol. The first kappa shape index (κ1) is 20.7. The maximum atomic E-state index is 12.2. The van der Waals surface area contributed by atoms with E-state index in [1.54, 1.807) is 0 Å². The van der Waals surface area contributed by atoms with Crippen LogP contribution in [0.4, 0.5) is 16.2 Å². The molecule has 6 nitrogen and oxygen atoms in total. The second kappa shape index (κ2) is 9.94. The molecule has 1 heterocycles. The molecule has 4 N–H and O–H groups in total. The molecule has 0 saturated carbocycles. The number of nitrogens with one attached hydrogen (secondary N) is 4. The molecule has 0 aromatic heterocycles. The molecule has 0 spiro atoms. The van der Waals surface area contributed by atoms with Crippen molar-refractivity contribution in [2.24, 2.45) is 11.8 Å². The number of carbonyl (C=O) groups is 2. The zero-order valence-corrected chi connectivity index (χ0v) is 16.0. The molecule has 0 aliphatic carbocycles. The largest absolute Gasteiger partial charge is 0.352 e. The Bertz CT molecular complexity index is 766. The summed E-state index contributed by atoms with van der Waals surface area (Å²) >= 11 is 0. The van der Waals surface area contributed by atoms with Crippen LogP contribution in [0.15, 0.2) is 54.6 Å². The fourth-order valence-electron chi connectivity index (χ4n) is 2.80. The van der Waals surface area contributed by atoms with Gasteiger partial charge in [0.25, 0.3) is 0 Å². The molecule has 2 aromatic rings. The Morgan fingerprint density at radius 3 is 2.37 bits per heavy atom. The van der Waals surface area contributed by atoms with Crippen LogP contribution in [0.1, 0.15) is 12.5 Å². The van der Waals surface area contributed by atoms with Crippen molar-refractivity contribution in [3.8, 4) is 0 Å². The molecule has 2 aromatic carbocycles. The second-order valence-electron chi connectivity index (χ2n) is 6.57. The molecule has 1 aliphatic rings. The van der Waals surface area contributed by atoms with Crippen LogP contribution in [0.3, 0.4) is 0 Å². The maximum Gasteiger partial charge on any atom is 0.323 e. The highest BCUT2D eigenvalue weighted by atomic mass is 35.5. The van der Waals surface area contributed by atoms with Gasteiger partial charge in [-0.15, -0.1) is 12.4 Å². The SMILES string of the molecule is CC(C(=O)NCc1cccc(NC(=O)Nc2ccccc2)c1)C1CNC1.Cl. The Balaban J connectivity index is 0.00000261. The van der Waals surface area contributed by atoms with Gasteiger partial charge < -0.3 is 21.3 Å². The fourth-order valence-corrected chi connectivity index (χ4v) is 2.80. The van der Waals surface area contributed by atoms with Crippen LogP contribution in [-0.4, -0.2) is 25.0 Å². The molecule has 1 atom stereocenters. The monoisotopic (exact) mass is 388 g/mol. The van der Waals surface area contributed by atoms with Crippen LogP contribution in [0.5, 0.6) is 0 Å². The van der Waals surface area contributed by atoms with E-state index in [9.17, 15) is 9.59 Å². The lowest BCUT2D eigenvalue weighted by Gasteiger charge is -2.31. The summed E-state index contributed by atoms with van der Waals surface area (Å²) in [5, 5.41) is 11.7. The summed E-state index contributed by atoms with van der Waals surface area (Å²) in [5.74, 6) is 0.496. The summed E-state index contributed by atoms with van der Waals surface area (Å²) in [6, 6.07) is 16.4. The van der Waals surface area contributed by atoms with E-state index < -0.39 is 0 Å². The third-order valence-corrected chi connectivity index (χ3v) is 4.62. The lowest BCUT2D eigenvalue weighted by Crippen LogP contribution is -2.49. The van der Waals surface area contributed by atoms with E-state index in [1.807, 2.05) is 61.5 Å². The molecule has 3 amide bonds. The number of hydrogen-bond donors (Lipinski definition) is 4. The van der Waals surface area contributed by atoms with Crippen molar-refractivity contribution in [3.63, 3.8) is 0 Å². The normalized spacial score (nSPS) is 14.3. The summed E-state index contributed by atoms with van der Waals surface area (Å²) in [4.78, 5) is 24.3. The Labute approximate surface area is 165 Å². The van der Waals surface area contributed by atoms with Crippen molar-refractivity contribution < 1.29 is 9.59 Å². The van der Waals surface area contributed by atoms with Gasteiger partial charge in [0, 0.05) is 23.8 Å². The van der Waals surface area contributed by atoms with Gasteiger partial charge in [0.15, 0.2) is 0 Å². The van der Waals surface area contributed by atoms with Gasteiger partial charge in [-0.2, -0.15) is 0 Å². The number of halogens is 1. The van der Waals surface area contributed by atoms with E-state index in [-0.39, 0.29) is 30.3 Å². The smallest absolute Gasteiger partial charge is 0.323 e. The molecule has 27 heavy (non-hydrogen) atoms. The van der Waals surface area contributed by atoms with Gasteiger partial charge in [-0.1, -0.05) is 37.3 Å². The highest BCUT2D eigenvalue weighted by Gasteiger charge is 2.28. The fraction of sp³-hybridized carbons (Fsp3) is 0.300. The van der Waals surface area contributed by atoms with E-state index in [4.69, 9.17) is 0 Å². The standard InChI is InChI=1S/C20H24N4O2.ClH/c1-14(16-12-21-13-16)19(25)22-11-15-6-5-9-18(10-15)24-20(26)23-17-7-3-2-4-8-17;/h2-10,14,16,21H,11-13H2,1H3,(H,22,25)(H2,23,24,26);1H. The van der Waals surface area contributed by atoms with Crippen LogP contribution in [0.2, 0.25) is 0 Å². The van der Waals surface area contributed by atoms with Crippen molar-refractivity contribution >= 4 is 35.7 Å². The zero-order valence-electron chi connectivity index (χ0n) is 15.2. The average Bonchev–Trinajstić information content (AvgIpc) is 2.59.